The van der Waals surface area contributed by atoms with Gasteiger partial charge in [0, 0.05) is 5.56 Å². The summed E-state index contributed by atoms with van der Waals surface area (Å²) in [6, 6.07) is 6.82. The van der Waals surface area contributed by atoms with Gasteiger partial charge in [0.2, 0.25) is 12.3 Å². The lowest BCUT2D eigenvalue weighted by molar-refractivity contribution is -0.385. The zero-order valence-electron chi connectivity index (χ0n) is 10.4. The summed E-state index contributed by atoms with van der Waals surface area (Å²) < 4.78 is 10.4. The van der Waals surface area contributed by atoms with Crippen LogP contribution in [0.5, 0.6) is 11.8 Å². The second kappa shape index (κ2) is 5.33. The molecule has 0 aliphatic carbocycles. The van der Waals surface area contributed by atoms with Gasteiger partial charge in [-0.25, -0.2) is 0 Å². The quantitative estimate of drug-likeness (QED) is 0.529. The summed E-state index contributed by atoms with van der Waals surface area (Å²) in [5.41, 5.74) is 0.540. The van der Waals surface area contributed by atoms with Gasteiger partial charge in [-0.3, -0.25) is 10.1 Å². The van der Waals surface area contributed by atoms with Gasteiger partial charge < -0.3 is 9.15 Å². The zero-order valence-corrected chi connectivity index (χ0v) is 10.4. The van der Waals surface area contributed by atoms with Gasteiger partial charge in [-0.2, -0.15) is 9.97 Å². The molecule has 2 aromatic heterocycles. The minimum atomic E-state index is -0.580. The second-order valence-electron chi connectivity index (χ2n) is 3.85. The van der Waals surface area contributed by atoms with Crippen molar-refractivity contribution in [2.75, 3.05) is 0 Å². The van der Waals surface area contributed by atoms with E-state index in [0.29, 0.717) is 11.6 Å². The lowest BCUT2D eigenvalue weighted by atomic mass is 10.2. The summed E-state index contributed by atoms with van der Waals surface area (Å²) >= 11 is 0. The Labute approximate surface area is 117 Å². The molecule has 3 aromatic rings. The number of hydrogen-bond donors (Lipinski definition) is 0. The number of nitro groups is 1. The van der Waals surface area contributed by atoms with Crippen molar-refractivity contribution >= 4 is 5.69 Å². The first-order valence-corrected chi connectivity index (χ1v) is 5.73. The van der Waals surface area contributed by atoms with Crippen LogP contribution in [0.1, 0.15) is 0 Å². The van der Waals surface area contributed by atoms with Crippen LogP contribution in [0.15, 0.2) is 47.5 Å². The molecule has 3 rings (SSSR count). The van der Waals surface area contributed by atoms with Crippen LogP contribution in [0.2, 0.25) is 0 Å². The van der Waals surface area contributed by atoms with Crippen LogP contribution >= 0.6 is 0 Å². The lowest BCUT2D eigenvalue weighted by Gasteiger charge is -2.03. The van der Waals surface area contributed by atoms with Crippen molar-refractivity contribution in [3.63, 3.8) is 0 Å². The smallest absolute Gasteiger partial charge is 0.322 e. The standard InChI is InChI=1S/C12H7N5O4/c18-17(19)9-5-13-12(14-6-9)21-10-3-1-8(2-4-10)11-16-15-7-20-11/h1-7H. The average Bonchev–Trinajstić information content (AvgIpc) is 3.03. The fourth-order valence-corrected chi connectivity index (χ4v) is 1.53. The Kier molecular flexibility index (Phi) is 3.21. The SMILES string of the molecule is O=[N+]([O-])c1cnc(Oc2ccc(-c3nnco3)cc2)nc1. The van der Waals surface area contributed by atoms with Crippen LogP contribution in [0.4, 0.5) is 5.69 Å². The third-order valence-electron chi connectivity index (χ3n) is 2.50. The maximum absolute atomic E-state index is 10.5. The Hall–Kier alpha value is -3.36. The van der Waals surface area contributed by atoms with Crippen molar-refractivity contribution in [1.82, 2.24) is 20.2 Å². The molecule has 104 valence electrons. The zero-order chi connectivity index (χ0) is 14.7. The van der Waals surface area contributed by atoms with E-state index in [0.717, 1.165) is 18.0 Å². The summed E-state index contributed by atoms with van der Waals surface area (Å²) in [6.45, 7) is 0. The molecule has 0 aliphatic rings. The van der Waals surface area contributed by atoms with Crippen molar-refractivity contribution in [2.45, 2.75) is 0 Å². The van der Waals surface area contributed by atoms with Gasteiger partial charge in [0.15, 0.2) is 0 Å². The highest BCUT2D eigenvalue weighted by atomic mass is 16.6. The van der Waals surface area contributed by atoms with Crippen molar-refractivity contribution in [3.05, 3.63) is 53.2 Å². The van der Waals surface area contributed by atoms with E-state index in [-0.39, 0.29) is 11.7 Å². The number of ether oxygens (including phenoxy) is 1. The van der Waals surface area contributed by atoms with Crippen molar-refractivity contribution < 1.29 is 14.1 Å². The topological polar surface area (TPSA) is 117 Å². The molecule has 1 aromatic carbocycles. The number of hydrogen-bond acceptors (Lipinski definition) is 8. The molecule has 0 N–H and O–H groups in total. The van der Waals surface area contributed by atoms with Gasteiger partial charge in [0.25, 0.3) is 0 Å². The van der Waals surface area contributed by atoms with Gasteiger partial charge in [-0.1, -0.05) is 0 Å². The second-order valence-corrected chi connectivity index (χ2v) is 3.85. The largest absolute Gasteiger partial charge is 0.424 e. The van der Waals surface area contributed by atoms with Gasteiger partial charge in [0.05, 0.1) is 4.92 Å². The molecule has 0 saturated carbocycles. The Bertz CT molecular complexity index is 740. The molecule has 21 heavy (non-hydrogen) atoms. The molecule has 0 spiro atoms. The van der Waals surface area contributed by atoms with Crippen LogP contribution in [-0.4, -0.2) is 25.1 Å². The first kappa shape index (κ1) is 12.7. The molecule has 0 fully saturated rings. The number of rotatable bonds is 4. The monoisotopic (exact) mass is 285 g/mol. The fraction of sp³-hybridized carbons (Fsp3) is 0. The number of nitrogens with zero attached hydrogens (tertiary/aromatic N) is 5. The van der Waals surface area contributed by atoms with Crippen LogP contribution < -0.4 is 4.74 Å². The third kappa shape index (κ3) is 2.81. The predicted octanol–water partition coefficient (Wildman–Crippen LogP) is 2.23. The van der Waals surface area contributed by atoms with E-state index >= 15 is 0 Å². The Morgan fingerprint density at radius 3 is 2.43 bits per heavy atom. The number of benzene rings is 1. The fourth-order valence-electron chi connectivity index (χ4n) is 1.53. The number of aromatic nitrogens is 4. The average molecular weight is 285 g/mol. The highest BCUT2D eigenvalue weighted by molar-refractivity contribution is 5.53. The van der Waals surface area contributed by atoms with E-state index in [4.69, 9.17) is 9.15 Å². The minimum Gasteiger partial charge on any atom is -0.424 e. The maximum atomic E-state index is 10.5. The van der Waals surface area contributed by atoms with Gasteiger partial charge in [-0.15, -0.1) is 10.2 Å². The van der Waals surface area contributed by atoms with Crippen LogP contribution in [-0.2, 0) is 0 Å². The molecular formula is C12H7N5O4. The molecule has 9 heteroatoms. The summed E-state index contributed by atoms with van der Waals surface area (Å²) in [5, 5.41) is 17.9. The summed E-state index contributed by atoms with van der Waals surface area (Å²) in [5.74, 6) is 0.875. The van der Waals surface area contributed by atoms with E-state index < -0.39 is 4.92 Å². The summed E-state index contributed by atoms with van der Waals surface area (Å²) in [6.07, 6.45) is 3.40. The molecule has 2 heterocycles. The molecule has 0 unspecified atom stereocenters. The molecule has 9 nitrogen and oxygen atoms in total. The van der Waals surface area contributed by atoms with E-state index in [2.05, 4.69) is 20.2 Å². The first-order valence-electron chi connectivity index (χ1n) is 5.73. The minimum absolute atomic E-state index is 0.0196. The van der Waals surface area contributed by atoms with E-state index in [1.165, 1.54) is 6.39 Å². The molecule has 0 amide bonds. The normalized spacial score (nSPS) is 10.3. The summed E-state index contributed by atoms with van der Waals surface area (Å²) in [4.78, 5) is 17.4. The van der Waals surface area contributed by atoms with Gasteiger partial charge in [-0.05, 0) is 24.3 Å². The van der Waals surface area contributed by atoms with Crippen LogP contribution in [0, 0.1) is 10.1 Å². The lowest BCUT2D eigenvalue weighted by Crippen LogP contribution is -1.94. The van der Waals surface area contributed by atoms with Gasteiger partial charge in [0.1, 0.15) is 18.1 Å². The third-order valence-corrected chi connectivity index (χ3v) is 2.50. The molecular weight excluding hydrogens is 278 g/mol. The van der Waals surface area contributed by atoms with Crippen molar-refractivity contribution in [3.8, 4) is 23.2 Å². The first-order chi connectivity index (χ1) is 10.2. The van der Waals surface area contributed by atoms with E-state index in [1.807, 2.05) is 0 Å². The van der Waals surface area contributed by atoms with Crippen molar-refractivity contribution in [2.24, 2.45) is 0 Å². The Morgan fingerprint density at radius 1 is 1.14 bits per heavy atom. The Morgan fingerprint density at radius 2 is 1.86 bits per heavy atom. The highest BCUT2D eigenvalue weighted by Gasteiger charge is 2.08. The highest BCUT2D eigenvalue weighted by Crippen LogP contribution is 2.23. The predicted molar refractivity (Wildman–Crippen MR) is 68.5 cm³/mol. The molecule has 0 radical (unpaired) electrons. The van der Waals surface area contributed by atoms with Crippen LogP contribution in [0.25, 0.3) is 11.5 Å². The van der Waals surface area contributed by atoms with E-state index in [9.17, 15) is 10.1 Å². The molecule has 0 atom stereocenters. The van der Waals surface area contributed by atoms with Crippen LogP contribution in [0.3, 0.4) is 0 Å². The molecule has 0 bridgehead atoms. The molecule has 0 saturated heterocycles. The van der Waals surface area contributed by atoms with Crippen molar-refractivity contribution in [1.29, 1.82) is 0 Å². The van der Waals surface area contributed by atoms with Gasteiger partial charge >= 0.3 is 11.7 Å². The summed E-state index contributed by atoms with van der Waals surface area (Å²) in [7, 11) is 0. The Balaban J connectivity index is 1.74. The van der Waals surface area contributed by atoms with E-state index in [1.54, 1.807) is 24.3 Å². The molecule has 0 aliphatic heterocycles. The maximum Gasteiger partial charge on any atom is 0.322 e.